The first-order valence-corrected chi connectivity index (χ1v) is 6.37. The lowest BCUT2D eigenvalue weighted by Gasteiger charge is -2.17. The molecular formula is C14H21ClN2O2. The molecule has 1 aliphatic heterocycles. The third kappa shape index (κ3) is 3.69. The summed E-state index contributed by atoms with van der Waals surface area (Å²) < 4.78 is 5.34. The Kier molecular flexibility index (Phi) is 5.79. The molecule has 5 heteroatoms. The van der Waals surface area contributed by atoms with Crippen LogP contribution in [-0.4, -0.2) is 11.9 Å². The van der Waals surface area contributed by atoms with Crippen molar-refractivity contribution in [1.82, 2.24) is 0 Å². The topological polar surface area (TPSA) is 64.4 Å². The van der Waals surface area contributed by atoms with Crippen LogP contribution in [0.4, 0.5) is 5.69 Å². The molecule has 0 spiro atoms. The number of nitrogens with two attached hydrogens (primary N) is 1. The molecule has 3 N–H and O–H groups in total. The molecule has 0 fully saturated rings. The van der Waals surface area contributed by atoms with Gasteiger partial charge in [0.2, 0.25) is 5.91 Å². The van der Waals surface area contributed by atoms with Gasteiger partial charge >= 0.3 is 0 Å². The molecule has 0 radical (unpaired) electrons. The fourth-order valence-corrected chi connectivity index (χ4v) is 1.99. The molecule has 2 unspecified atom stereocenters. The normalized spacial score (nSPS) is 16.2. The standard InChI is InChI=1S/C14H20N2O2.ClH/c1-3-9(2)13(15)14(17)16-12-5-4-10-7-18-8-11(10)6-12;/h4-6,9,13H,3,7-8,15H2,1-2H3,(H,16,17);1H. The van der Waals surface area contributed by atoms with E-state index in [1.807, 2.05) is 32.0 Å². The molecule has 0 saturated carbocycles. The Labute approximate surface area is 120 Å². The van der Waals surface area contributed by atoms with Gasteiger partial charge < -0.3 is 15.8 Å². The molecule has 1 aliphatic rings. The molecule has 2 atom stereocenters. The van der Waals surface area contributed by atoms with E-state index in [9.17, 15) is 4.79 Å². The highest BCUT2D eigenvalue weighted by atomic mass is 35.5. The van der Waals surface area contributed by atoms with Gasteiger partial charge in [-0.15, -0.1) is 12.4 Å². The summed E-state index contributed by atoms with van der Waals surface area (Å²) >= 11 is 0. The predicted octanol–water partition coefficient (Wildman–Crippen LogP) is 2.45. The lowest BCUT2D eigenvalue weighted by molar-refractivity contribution is -0.118. The molecule has 106 valence electrons. The number of halogens is 1. The maximum absolute atomic E-state index is 11.9. The third-order valence-electron chi connectivity index (χ3n) is 3.55. The second-order valence-electron chi connectivity index (χ2n) is 4.88. The van der Waals surface area contributed by atoms with Gasteiger partial charge in [-0.25, -0.2) is 0 Å². The highest BCUT2D eigenvalue weighted by molar-refractivity contribution is 5.95. The van der Waals surface area contributed by atoms with Gasteiger partial charge in [-0.2, -0.15) is 0 Å². The van der Waals surface area contributed by atoms with Crippen LogP contribution in [0.5, 0.6) is 0 Å². The van der Waals surface area contributed by atoms with Crippen molar-refractivity contribution >= 4 is 24.0 Å². The summed E-state index contributed by atoms with van der Waals surface area (Å²) in [6.45, 7) is 5.30. The largest absolute Gasteiger partial charge is 0.372 e. The molecule has 4 nitrogen and oxygen atoms in total. The summed E-state index contributed by atoms with van der Waals surface area (Å²) in [7, 11) is 0. The van der Waals surface area contributed by atoms with Gasteiger partial charge in [-0.05, 0) is 29.2 Å². The number of ether oxygens (including phenoxy) is 1. The first-order valence-electron chi connectivity index (χ1n) is 6.37. The second-order valence-corrected chi connectivity index (χ2v) is 4.88. The number of amides is 1. The smallest absolute Gasteiger partial charge is 0.241 e. The van der Waals surface area contributed by atoms with Crippen LogP contribution in [-0.2, 0) is 22.7 Å². The molecule has 1 heterocycles. The molecule has 0 bridgehead atoms. The average molecular weight is 285 g/mol. The van der Waals surface area contributed by atoms with Gasteiger partial charge in [0.1, 0.15) is 0 Å². The Bertz CT molecular complexity index is 451. The van der Waals surface area contributed by atoms with E-state index in [-0.39, 0.29) is 24.2 Å². The Morgan fingerprint density at radius 1 is 1.42 bits per heavy atom. The molecule has 0 saturated heterocycles. The van der Waals surface area contributed by atoms with E-state index in [1.54, 1.807) is 0 Å². The molecule has 0 aromatic heterocycles. The van der Waals surface area contributed by atoms with Gasteiger partial charge in [0.15, 0.2) is 0 Å². The first kappa shape index (κ1) is 16.0. The van der Waals surface area contributed by atoms with E-state index in [1.165, 1.54) is 5.56 Å². The lowest BCUT2D eigenvalue weighted by atomic mass is 9.99. The minimum absolute atomic E-state index is 0. The monoisotopic (exact) mass is 284 g/mol. The van der Waals surface area contributed by atoms with Gasteiger partial charge in [-0.3, -0.25) is 4.79 Å². The highest BCUT2D eigenvalue weighted by Gasteiger charge is 2.20. The van der Waals surface area contributed by atoms with Gasteiger partial charge in [0, 0.05) is 5.69 Å². The van der Waals surface area contributed by atoms with Gasteiger partial charge in [0.05, 0.1) is 19.3 Å². The minimum atomic E-state index is -0.459. The predicted molar refractivity (Wildman–Crippen MR) is 78.2 cm³/mol. The van der Waals surface area contributed by atoms with Crippen LogP contribution in [0.1, 0.15) is 31.4 Å². The zero-order valence-corrected chi connectivity index (χ0v) is 12.1. The second kappa shape index (κ2) is 6.89. The van der Waals surface area contributed by atoms with Crippen molar-refractivity contribution in [3.05, 3.63) is 29.3 Å². The first-order chi connectivity index (χ1) is 8.61. The van der Waals surface area contributed by atoms with Crippen LogP contribution in [0.25, 0.3) is 0 Å². The number of nitrogens with one attached hydrogen (secondary N) is 1. The Morgan fingerprint density at radius 2 is 2.11 bits per heavy atom. The van der Waals surface area contributed by atoms with Crippen LogP contribution in [0.15, 0.2) is 18.2 Å². The van der Waals surface area contributed by atoms with Crippen LogP contribution in [0.2, 0.25) is 0 Å². The van der Waals surface area contributed by atoms with Crippen molar-refractivity contribution in [2.24, 2.45) is 11.7 Å². The Balaban J connectivity index is 0.00000180. The van der Waals surface area contributed by atoms with E-state index in [4.69, 9.17) is 10.5 Å². The molecule has 1 amide bonds. The van der Waals surface area contributed by atoms with Crippen molar-refractivity contribution in [3.8, 4) is 0 Å². The van der Waals surface area contributed by atoms with Crippen molar-refractivity contribution in [2.45, 2.75) is 39.5 Å². The van der Waals surface area contributed by atoms with Gasteiger partial charge in [-0.1, -0.05) is 26.3 Å². The summed E-state index contributed by atoms with van der Waals surface area (Å²) in [6, 6.07) is 5.39. The number of anilines is 1. The number of benzene rings is 1. The number of fused-ring (bicyclic) bond motifs is 1. The van der Waals surface area contributed by atoms with Crippen LogP contribution >= 0.6 is 12.4 Å². The summed E-state index contributed by atoms with van der Waals surface area (Å²) in [5.74, 6) is 0.0611. The number of carbonyl (C=O) groups excluding carboxylic acids is 1. The summed E-state index contributed by atoms with van der Waals surface area (Å²) in [5.41, 5.74) is 9.03. The van der Waals surface area contributed by atoms with Crippen molar-refractivity contribution in [3.63, 3.8) is 0 Å². The molecule has 0 aliphatic carbocycles. The molecule has 1 aromatic rings. The van der Waals surface area contributed by atoms with E-state index in [0.717, 1.165) is 17.7 Å². The number of rotatable bonds is 4. The minimum Gasteiger partial charge on any atom is -0.372 e. The summed E-state index contributed by atoms with van der Waals surface area (Å²) in [4.78, 5) is 11.9. The summed E-state index contributed by atoms with van der Waals surface area (Å²) in [5, 5.41) is 2.87. The molecular weight excluding hydrogens is 264 g/mol. The molecule has 19 heavy (non-hydrogen) atoms. The third-order valence-corrected chi connectivity index (χ3v) is 3.55. The van der Waals surface area contributed by atoms with Crippen molar-refractivity contribution in [2.75, 3.05) is 5.32 Å². The van der Waals surface area contributed by atoms with Gasteiger partial charge in [0.25, 0.3) is 0 Å². The van der Waals surface area contributed by atoms with E-state index in [0.29, 0.717) is 13.2 Å². The SMILES string of the molecule is CCC(C)C(N)C(=O)Nc1ccc2c(c1)COC2.Cl. The van der Waals surface area contributed by atoms with Crippen LogP contribution < -0.4 is 11.1 Å². The van der Waals surface area contributed by atoms with Crippen LogP contribution in [0.3, 0.4) is 0 Å². The van der Waals surface area contributed by atoms with Crippen LogP contribution in [0, 0.1) is 5.92 Å². The quantitative estimate of drug-likeness (QED) is 0.893. The van der Waals surface area contributed by atoms with E-state index in [2.05, 4.69) is 5.32 Å². The fraction of sp³-hybridized carbons (Fsp3) is 0.500. The average Bonchev–Trinajstić information content (AvgIpc) is 2.84. The van der Waals surface area contributed by atoms with E-state index < -0.39 is 6.04 Å². The number of carbonyl (C=O) groups is 1. The van der Waals surface area contributed by atoms with Crippen molar-refractivity contribution < 1.29 is 9.53 Å². The molecule has 2 rings (SSSR count). The maximum Gasteiger partial charge on any atom is 0.241 e. The Morgan fingerprint density at radius 3 is 2.79 bits per heavy atom. The van der Waals surface area contributed by atoms with E-state index >= 15 is 0 Å². The Hall–Kier alpha value is -1.10. The number of hydrogen-bond acceptors (Lipinski definition) is 3. The van der Waals surface area contributed by atoms with Crippen molar-refractivity contribution in [1.29, 1.82) is 0 Å². The highest BCUT2D eigenvalue weighted by Crippen LogP contribution is 2.23. The molecule has 1 aromatic carbocycles. The lowest BCUT2D eigenvalue weighted by Crippen LogP contribution is -2.40. The fourth-order valence-electron chi connectivity index (χ4n) is 1.99. The zero-order chi connectivity index (χ0) is 13.1. The summed E-state index contributed by atoms with van der Waals surface area (Å²) in [6.07, 6.45) is 0.895. The zero-order valence-electron chi connectivity index (χ0n) is 11.3. The number of hydrogen-bond donors (Lipinski definition) is 2. The maximum atomic E-state index is 11.9.